The normalized spacial score (nSPS) is 13.5. The number of methoxy groups -OCH3 is 1. The Kier molecular flexibility index (Phi) is 11.8. The molecule has 5 rings (SSSR count). The van der Waals surface area contributed by atoms with E-state index in [1.54, 1.807) is 36.3 Å². The minimum atomic E-state index is -3.79. The van der Waals surface area contributed by atoms with Crippen molar-refractivity contribution in [1.29, 1.82) is 0 Å². The van der Waals surface area contributed by atoms with E-state index in [4.69, 9.17) is 9.88 Å². The number of ether oxygens (including phenoxy) is 1. The molecule has 1 aliphatic heterocycles. The maximum Gasteiger partial charge on any atom is 0.251 e. The van der Waals surface area contributed by atoms with Crippen molar-refractivity contribution in [2.24, 2.45) is 5.14 Å². The Labute approximate surface area is 283 Å². The number of benzene rings is 4. The standard InChI is InChI=1S/C38H42N4O5S/c1-47-35-15-10-29(11-16-35)14-19-37(43)42(24-20-30-12-17-36(18-13-30)48(39,45)46)28-31-6-4-7-32(26-31)33-8-5-9-34(27-33)38(44)40-21-25-41-22-2-3-23-41/h4-19,26-27H,2-3,20-25,28H2,1H3,(H,40,44)(H2,39,45,46). The van der Waals surface area contributed by atoms with Crippen molar-refractivity contribution in [2.75, 3.05) is 39.8 Å². The summed E-state index contributed by atoms with van der Waals surface area (Å²) < 4.78 is 28.6. The fourth-order valence-corrected chi connectivity index (χ4v) is 6.23. The Hall–Kier alpha value is -4.77. The molecule has 0 atom stereocenters. The summed E-state index contributed by atoms with van der Waals surface area (Å²) in [6, 6.07) is 29.4. The van der Waals surface area contributed by atoms with Crippen LogP contribution in [0.5, 0.6) is 5.75 Å². The molecule has 4 aromatic rings. The summed E-state index contributed by atoms with van der Waals surface area (Å²) in [6.45, 7) is 4.42. The summed E-state index contributed by atoms with van der Waals surface area (Å²) in [4.78, 5) is 30.7. The highest BCUT2D eigenvalue weighted by Gasteiger charge is 2.15. The molecule has 3 N–H and O–H groups in total. The molecule has 9 nitrogen and oxygen atoms in total. The number of rotatable bonds is 14. The van der Waals surface area contributed by atoms with E-state index >= 15 is 0 Å². The molecule has 1 saturated heterocycles. The third-order valence-electron chi connectivity index (χ3n) is 8.44. The van der Waals surface area contributed by atoms with Gasteiger partial charge in [0.25, 0.3) is 5.91 Å². The fraction of sp³-hybridized carbons (Fsp3) is 0.263. The molecular formula is C38H42N4O5S. The Morgan fingerprint density at radius 1 is 0.896 bits per heavy atom. The van der Waals surface area contributed by atoms with E-state index in [9.17, 15) is 18.0 Å². The van der Waals surface area contributed by atoms with Crippen LogP contribution in [-0.4, -0.2) is 69.9 Å². The maximum absolute atomic E-state index is 13.6. The van der Waals surface area contributed by atoms with Crippen molar-refractivity contribution in [2.45, 2.75) is 30.7 Å². The molecule has 48 heavy (non-hydrogen) atoms. The first kappa shape index (κ1) is 34.6. The van der Waals surface area contributed by atoms with Crippen molar-refractivity contribution >= 4 is 27.9 Å². The second kappa shape index (κ2) is 16.4. The first-order chi connectivity index (χ1) is 23.2. The van der Waals surface area contributed by atoms with E-state index in [-0.39, 0.29) is 16.7 Å². The summed E-state index contributed by atoms with van der Waals surface area (Å²) >= 11 is 0. The minimum Gasteiger partial charge on any atom is -0.497 e. The van der Waals surface area contributed by atoms with Gasteiger partial charge in [0.1, 0.15) is 5.75 Å². The largest absolute Gasteiger partial charge is 0.497 e. The van der Waals surface area contributed by atoms with Gasteiger partial charge < -0.3 is 19.9 Å². The first-order valence-corrected chi connectivity index (χ1v) is 17.7. The van der Waals surface area contributed by atoms with Gasteiger partial charge in [-0.3, -0.25) is 9.59 Å². The van der Waals surface area contributed by atoms with Gasteiger partial charge in [0.05, 0.1) is 12.0 Å². The van der Waals surface area contributed by atoms with Gasteiger partial charge in [-0.1, -0.05) is 54.6 Å². The highest BCUT2D eigenvalue weighted by atomic mass is 32.2. The highest BCUT2D eigenvalue weighted by molar-refractivity contribution is 7.89. The number of sulfonamides is 1. The zero-order valence-electron chi connectivity index (χ0n) is 27.2. The van der Waals surface area contributed by atoms with E-state index in [0.29, 0.717) is 31.6 Å². The topological polar surface area (TPSA) is 122 Å². The smallest absolute Gasteiger partial charge is 0.251 e. The van der Waals surface area contributed by atoms with Gasteiger partial charge >= 0.3 is 0 Å². The SMILES string of the molecule is COc1ccc(C=CC(=O)N(CCc2ccc(S(N)(=O)=O)cc2)Cc2cccc(-c3cccc(C(=O)NCCN4CCCC4)c3)c2)cc1. The number of carbonyl (C=O) groups is 2. The van der Waals surface area contributed by atoms with Crippen molar-refractivity contribution in [3.8, 4) is 16.9 Å². The van der Waals surface area contributed by atoms with Gasteiger partial charge in [-0.25, -0.2) is 13.6 Å². The monoisotopic (exact) mass is 666 g/mol. The molecule has 0 radical (unpaired) electrons. The Morgan fingerprint density at radius 2 is 1.58 bits per heavy atom. The second-order valence-electron chi connectivity index (χ2n) is 11.9. The van der Waals surface area contributed by atoms with E-state index in [0.717, 1.165) is 53.2 Å². The lowest BCUT2D eigenvalue weighted by molar-refractivity contribution is -0.126. The highest BCUT2D eigenvalue weighted by Crippen LogP contribution is 2.23. The molecule has 10 heteroatoms. The summed E-state index contributed by atoms with van der Waals surface area (Å²) in [7, 11) is -2.19. The van der Waals surface area contributed by atoms with E-state index in [1.807, 2.05) is 72.8 Å². The van der Waals surface area contributed by atoms with Crippen LogP contribution in [0.15, 0.2) is 108 Å². The van der Waals surface area contributed by atoms with Gasteiger partial charge in [-0.15, -0.1) is 0 Å². The van der Waals surface area contributed by atoms with Crippen LogP contribution in [-0.2, 0) is 27.8 Å². The molecule has 0 saturated carbocycles. The lowest BCUT2D eigenvalue weighted by atomic mass is 10.0. The van der Waals surface area contributed by atoms with Gasteiger partial charge in [0, 0.05) is 37.8 Å². The van der Waals surface area contributed by atoms with Crippen LogP contribution in [0.3, 0.4) is 0 Å². The molecule has 4 aromatic carbocycles. The average molecular weight is 667 g/mol. The van der Waals surface area contributed by atoms with Gasteiger partial charge in [0.15, 0.2) is 0 Å². The van der Waals surface area contributed by atoms with Crippen LogP contribution in [0.1, 0.15) is 39.9 Å². The lowest BCUT2D eigenvalue weighted by Crippen LogP contribution is -2.33. The lowest BCUT2D eigenvalue weighted by Gasteiger charge is -2.22. The summed E-state index contributed by atoms with van der Waals surface area (Å²) in [6.07, 6.45) is 6.29. The van der Waals surface area contributed by atoms with Crippen LogP contribution in [0, 0.1) is 0 Å². The molecule has 1 aliphatic rings. The van der Waals surface area contributed by atoms with Crippen LogP contribution in [0.2, 0.25) is 0 Å². The van der Waals surface area contributed by atoms with Crippen LogP contribution < -0.4 is 15.2 Å². The molecule has 0 aliphatic carbocycles. The van der Waals surface area contributed by atoms with Crippen molar-refractivity contribution in [3.63, 3.8) is 0 Å². The number of carbonyl (C=O) groups excluding carboxylic acids is 2. The predicted molar refractivity (Wildman–Crippen MR) is 189 cm³/mol. The van der Waals surface area contributed by atoms with Crippen molar-refractivity contribution in [3.05, 3.63) is 125 Å². The van der Waals surface area contributed by atoms with Crippen molar-refractivity contribution in [1.82, 2.24) is 15.1 Å². The minimum absolute atomic E-state index is 0.0436. The number of hydrogen-bond acceptors (Lipinski definition) is 6. The zero-order valence-corrected chi connectivity index (χ0v) is 28.0. The first-order valence-electron chi connectivity index (χ1n) is 16.1. The van der Waals surface area contributed by atoms with Gasteiger partial charge in [0.2, 0.25) is 15.9 Å². The average Bonchev–Trinajstić information content (AvgIpc) is 3.63. The van der Waals surface area contributed by atoms with E-state index in [2.05, 4.69) is 10.2 Å². The van der Waals surface area contributed by atoms with Crippen LogP contribution in [0.4, 0.5) is 0 Å². The van der Waals surface area contributed by atoms with E-state index in [1.165, 1.54) is 25.0 Å². The number of nitrogens with zero attached hydrogens (tertiary/aromatic N) is 2. The second-order valence-corrected chi connectivity index (χ2v) is 13.5. The summed E-state index contributed by atoms with van der Waals surface area (Å²) in [5.74, 6) is 0.479. The number of nitrogens with two attached hydrogens (primary N) is 1. The number of likely N-dealkylation sites (tertiary alicyclic amines) is 1. The Morgan fingerprint density at radius 3 is 2.27 bits per heavy atom. The Bertz CT molecular complexity index is 1830. The molecule has 0 unspecified atom stereocenters. The van der Waals surface area contributed by atoms with Crippen molar-refractivity contribution < 1.29 is 22.7 Å². The molecular weight excluding hydrogens is 625 g/mol. The molecule has 0 bridgehead atoms. The maximum atomic E-state index is 13.6. The molecule has 0 aromatic heterocycles. The van der Waals surface area contributed by atoms with E-state index < -0.39 is 10.0 Å². The number of nitrogens with one attached hydrogen (secondary N) is 1. The van der Waals surface area contributed by atoms with Gasteiger partial charge in [-0.05, 0) is 109 Å². The Balaban J connectivity index is 1.30. The zero-order chi connectivity index (χ0) is 33.9. The molecule has 2 amide bonds. The number of amides is 2. The number of hydrogen-bond donors (Lipinski definition) is 2. The van der Waals surface area contributed by atoms with Gasteiger partial charge in [-0.2, -0.15) is 0 Å². The molecule has 1 heterocycles. The molecule has 1 fully saturated rings. The third-order valence-corrected chi connectivity index (χ3v) is 9.37. The van der Waals surface area contributed by atoms with Crippen LogP contribution in [0.25, 0.3) is 17.2 Å². The molecule has 0 spiro atoms. The fourth-order valence-electron chi connectivity index (χ4n) is 5.71. The number of primary sulfonamides is 1. The quantitative estimate of drug-likeness (QED) is 0.180. The van der Waals surface area contributed by atoms with Crippen LogP contribution >= 0.6 is 0 Å². The summed E-state index contributed by atoms with van der Waals surface area (Å²) in [5.41, 5.74) is 5.14. The molecule has 250 valence electrons. The third kappa shape index (κ3) is 9.87. The predicted octanol–water partition coefficient (Wildman–Crippen LogP) is 5.12. The summed E-state index contributed by atoms with van der Waals surface area (Å²) in [5, 5.41) is 8.30.